The molecule has 0 bridgehead atoms. The van der Waals surface area contributed by atoms with E-state index >= 15 is 0 Å². The van der Waals surface area contributed by atoms with Crippen LogP contribution in [0.2, 0.25) is 0 Å². The van der Waals surface area contributed by atoms with Gasteiger partial charge in [-0.05, 0) is 37.5 Å². The molecule has 1 atom stereocenters. The molecule has 2 N–H and O–H groups in total. The summed E-state index contributed by atoms with van der Waals surface area (Å²) in [4.78, 5) is 0. The zero-order valence-electron chi connectivity index (χ0n) is 10.7. The number of hydrogen-bond donors (Lipinski definition) is 1. The van der Waals surface area contributed by atoms with Crippen molar-refractivity contribution in [1.29, 1.82) is 0 Å². The van der Waals surface area contributed by atoms with Crippen LogP contribution in [0.15, 0.2) is 42.5 Å². The summed E-state index contributed by atoms with van der Waals surface area (Å²) >= 11 is 0. The van der Waals surface area contributed by atoms with Crippen LogP contribution in [-0.2, 0) is 0 Å². The second-order valence-corrected chi connectivity index (χ2v) is 4.75. The predicted octanol–water partition coefficient (Wildman–Crippen LogP) is 3.66. The van der Waals surface area contributed by atoms with Gasteiger partial charge in [0.05, 0.1) is 6.04 Å². The lowest BCUT2D eigenvalue weighted by molar-refractivity contribution is 0.859. The molecule has 1 nitrogen and oxygen atoms in total. The van der Waals surface area contributed by atoms with Gasteiger partial charge in [-0.25, -0.2) is 0 Å². The standard InChI is InChI=1S/C16H19N/c1-11-5-4-6-14(10-11)16(17)15-8-7-12(2)9-13(15)3/h4-10,16H,17H2,1-3H3. The van der Waals surface area contributed by atoms with Gasteiger partial charge in [0.25, 0.3) is 0 Å². The van der Waals surface area contributed by atoms with E-state index in [2.05, 4.69) is 63.2 Å². The van der Waals surface area contributed by atoms with Gasteiger partial charge in [0.2, 0.25) is 0 Å². The average molecular weight is 225 g/mol. The van der Waals surface area contributed by atoms with Gasteiger partial charge in [-0.2, -0.15) is 0 Å². The summed E-state index contributed by atoms with van der Waals surface area (Å²) in [5.74, 6) is 0. The first-order valence-electron chi connectivity index (χ1n) is 5.97. The van der Waals surface area contributed by atoms with Crippen molar-refractivity contribution in [3.8, 4) is 0 Å². The van der Waals surface area contributed by atoms with Gasteiger partial charge < -0.3 is 5.73 Å². The Morgan fingerprint density at radius 3 is 2.24 bits per heavy atom. The SMILES string of the molecule is Cc1cccc(C(N)c2ccc(C)cc2C)c1. The van der Waals surface area contributed by atoms with Crippen molar-refractivity contribution >= 4 is 0 Å². The number of rotatable bonds is 2. The van der Waals surface area contributed by atoms with Crippen LogP contribution >= 0.6 is 0 Å². The molecule has 1 unspecified atom stereocenters. The molecule has 88 valence electrons. The second kappa shape index (κ2) is 4.72. The van der Waals surface area contributed by atoms with Crippen molar-refractivity contribution in [2.24, 2.45) is 5.73 Å². The van der Waals surface area contributed by atoms with Crippen molar-refractivity contribution in [1.82, 2.24) is 0 Å². The van der Waals surface area contributed by atoms with E-state index in [1.54, 1.807) is 0 Å². The summed E-state index contributed by atoms with van der Waals surface area (Å²) < 4.78 is 0. The van der Waals surface area contributed by atoms with E-state index in [0.29, 0.717) is 0 Å². The first-order valence-corrected chi connectivity index (χ1v) is 5.97. The van der Waals surface area contributed by atoms with Gasteiger partial charge in [0, 0.05) is 0 Å². The van der Waals surface area contributed by atoms with Crippen molar-refractivity contribution in [2.75, 3.05) is 0 Å². The zero-order chi connectivity index (χ0) is 12.4. The number of benzene rings is 2. The van der Waals surface area contributed by atoms with Gasteiger partial charge in [-0.15, -0.1) is 0 Å². The Labute approximate surface area is 103 Å². The Kier molecular flexibility index (Phi) is 3.30. The molecule has 17 heavy (non-hydrogen) atoms. The maximum absolute atomic E-state index is 6.34. The highest BCUT2D eigenvalue weighted by atomic mass is 14.6. The van der Waals surface area contributed by atoms with E-state index < -0.39 is 0 Å². The van der Waals surface area contributed by atoms with E-state index in [-0.39, 0.29) is 6.04 Å². The van der Waals surface area contributed by atoms with E-state index in [0.717, 1.165) is 0 Å². The van der Waals surface area contributed by atoms with Crippen LogP contribution in [0.3, 0.4) is 0 Å². The summed E-state index contributed by atoms with van der Waals surface area (Å²) in [5.41, 5.74) is 12.5. The van der Waals surface area contributed by atoms with Crippen LogP contribution in [0, 0.1) is 20.8 Å². The maximum Gasteiger partial charge on any atom is 0.0554 e. The van der Waals surface area contributed by atoms with Crippen molar-refractivity contribution in [3.05, 3.63) is 70.3 Å². The maximum atomic E-state index is 6.34. The van der Waals surface area contributed by atoms with Gasteiger partial charge in [-0.3, -0.25) is 0 Å². The fourth-order valence-corrected chi connectivity index (χ4v) is 2.22. The number of hydrogen-bond acceptors (Lipinski definition) is 1. The molecule has 0 heterocycles. The largest absolute Gasteiger partial charge is 0.320 e. The van der Waals surface area contributed by atoms with Gasteiger partial charge in [-0.1, -0.05) is 53.6 Å². The molecule has 0 aromatic heterocycles. The van der Waals surface area contributed by atoms with Crippen LogP contribution in [0.5, 0.6) is 0 Å². The molecule has 1 heteroatoms. The smallest absolute Gasteiger partial charge is 0.0554 e. The summed E-state index contributed by atoms with van der Waals surface area (Å²) in [6.07, 6.45) is 0. The lowest BCUT2D eigenvalue weighted by atomic mass is 9.94. The van der Waals surface area contributed by atoms with Gasteiger partial charge in [0.15, 0.2) is 0 Å². The molecule has 0 radical (unpaired) electrons. The number of nitrogens with two attached hydrogens (primary N) is 1. The first-order chi connectivity index (χ1) is 8.08. The fraction of sp³-hybridized carbons (Fsp3) is 0.250. The minimum atomic E-state index is -0.0319. The van der Waals surface area contributed by atoms with Crippen LogP contribution in [0.25, 0.3) is 0 Å². The molecule has 0 saturated heterocycles. The van der Waals surface area contributed by atoms with Crippen LogP contribution in [0.4, 0.5) is 0 Å². The fourth-order valence-electron chi connectivity index (χ4n) is 2.22. The normalized spacial score (nSPS) is 12.5. The van der Waals surface area contributed by atoms with E-state index in [1.165, 1.54) is 27.8 Å². The van der Waals surface area contributed by atoms with Crippen LogP contribution < -0.4 is 5.73 Å². The van der Waals surface area contributed by atoms with Gasteiger partial charge >= 0.3 is 0 Å². The highest BCUT2D eigenvalue weighted by Crippen LogP contribution is 2.23. The third kappa shape index (κ3) is 2.56. The predicted molar refractivity (Wildman–Crippen MR) is 73.1 cm³/mol. The lowest BCUT2D eigenvalue weighted by Gasteiger charge is -2.16. The molecule has 0 aliphatic heterocycles. The zero-order valence-corrected chi connectivity index (χ0v) is 10.7. The molecular weight excluding hydrogens is 206 g/mol. The van der Waals surface area contributed by atoms with E-state index in [1.807, 2.05) is 0 Å². The molecule has 0 saturated carbocycles. The highest BCUT2D eigenvalue weighted by Gasteiger charge is 2.11. The molecule has 2 aromatic rings. The molecule has 0 aliphatic carbocycles. The first kappa shape index (κ1) is 11.9. The van der Waals surface area contributed by atoms with Crippen molar-refractivity contribution in [3.63, 3.8) is 0 Å². The molecule has 2 rings (SSSR count). The average Bonchev–Trinajstić information content (AvgIpc) is 2.28. The molecule has 0 fully saturated rings. The Morgan fingerprint density at radius 2 is 1.59 bits per heavy atom. The number of aryl methyl sites for hydroxylation is 3. The Balaban J connectivity index is 2.40. The summed E-state index contributed by atoms with van der Waals surface area (Å²) in [6, 6.07) is 14.8. The Bertz CT molecular complexity index is 529. The molecular formula is C16H19N. The third-order valence-corrected chi connectivity index (χ3v) is 3.16. The monoisotopic (exact) mass is 225 g/mol. The highest BCUT2D eigenvalue weighted by molar-refractivity contribution is 5.39. The quantitative estimate of drug-likeness (QED) is 0.829. The van der Waals surface area contributed by atoms with Crippen LogP contribution in [-0.4, -0.2) is 0 Å². The minimum Gasteiger partial charge on any atom is -0.320 e. The molecule has 0 spiro atoms. The minimum absolute atomic E-state index is 0.0319. The molecule has 2 aromatic carbocycles. The third-order valence-electron chi connectivity index (χ3n) is 3.16. The van der Waals surface area contributed by atoms with E-state index in [9.17, 15) is 0 Å². The topological polar surface area (TPSA) is 26.0 Å². The molecule has 0 amide bonds. The Hall–Kier alpha value is -1.60. The summed E-state index contributed by atoms with van der Waals surface area (Å²) in [6.45, 7) is 6.32. The second-order valence-electron chi connectivity index (χ2n) is 4.75. The van der Waals surface area contributed by atoms with Crippen molar-refractivity contribution < 1.29 is 0 Å². The van der Waals surface area contributed by atoms with E-state index in [4.69, 9.17) is 5.73 Å². The molecule has 0 aliphatic rings. The van der Waals surface area contributed by atoms with Gasteiger partial charge in [0.1, 0.15) is 0 Å². The summed E-state index contributed by atoms with van der Waals surface area (Å²) in [7, 11) is 0. The van der Waals surface area contributed by atoms with Crippen LogP contribution in [0.1, 0.15) is 33.9 Å². The van der Waals surface area contributed by atoms with Crippen molar-refractivity contribution in [2.45, 2.75) is 26.8 Å². The summed E-state index contributed by atoms with van der Waals surface area (Å²) in [5, 5.41) is 0. The lowest BCUT2D eigenvalue weighted by Crippen LogP contribution is -2.13. The Morgan fingerprint density at radius 1 is 0.882 bits per heavy atom.